The molecular weight excluding hydrogens is 362 g/mol. The summed E-state index contributed by atoms with van der Waals surface area (Å²) in [5, 5.41) is 11.9. The molecule has 8 nitrogen and oxygen atoms in total. The molecule has 1 heterocycles. The number of nitrogens with one attached hydrogen (secondary N) is 1. The number of rotatable bonds is 6. The number of nitriles is 1. The highest BCUT2D eigenvalue weighted by Crippen LogP contribution is 2.25. The summed E-state index contributed by atoms with van der Waals surface area (Å²) in [5.41, 5.74) is -0.675. The van der Waals surface area contributed by atoms with Crippen molar-refractivity contribution in [3.05, 3.63) is 35.4 Å². The van der Waals surface area contributed by atoms with Gasteiger partial charge in [0.05, 0.1) is 17.2 Å². The van der Waals surface area contributed by atoms with E-state index in [1.807, 2.05) is 6.07 Å². The summed E-state index contributed by atoms with van der Waals surface area (Å²) in [6, 6.07) is 7.12. The Kier molecular flexibility index (Phi) is 5.88. The Bertz CT molecular complexity index is 838. The van der Waals surface area contributed by atoms with E-state index in [1.54, 1.807) is 32.9 Å². The molecule has 148 valence electrons. The lowest BCUT2D eigenvalue weighted by atomic mass is 9.90. The zero-order chi connectivity index (χ0) is 21.2. The molecule has 28 heavy (non-hydrogen) atoms. The molecule has 0 saturated carbocycles. The van der Waals surface area contributed by atoms with Gasteiger partial charge < -0.3 is 10.1 Å². The molecule has 0 aliphatic carbocycles. The summed E-state index contributed by atoms with van der Waals surface area (Å²) in [6.45, 7) is 7.86. The minimum atomic E-state index is -1.20. The van der Waals surface area contributed by atoms with Crippen LogP contribution >= 0.6 is 0 Å². The van der Waals surface area contributed by atoms with Crippen molar-refractivity contribution in [3.63, 3.8) is 0 Å². The molecule has 0 saturated heterocycles. The highest BCUT2D eigenvalue weighted by atomic mass is 16.5. The van der Waals surface area contributed by atoms with Crippen LogP contribution in [0, 0.1) is 17.2 Å². The van der Waals surface area contributed by atoms with E-state index >= 15 is 0 Å². The highest BCUT2D eigenvalue weighted by molar-refractivity contribution is 6.22. The summed E-state index contributed by atoms with van der Waals surface area (Å²) < 4.78 is 5.15. The molecule has 3 amide bonds. The molecule has 3 atom stereocenters. The molecule has 1 aromatic carbocycles. The van der Waals surface area contributed by atoms with Crippen LogP contribution in [0.4, 0.5) is 0 Å². The van der Waals surface area contributed by atoms with Gasteiger partial charge in [-0.1, -0.05) is 26.0 Å². The van der Waals surface area contributed by atoms with Crippen LogP contribution in [0.15, 0.2) is 24.3 Å². The van der Waals surface area contributed by atoms with Crippen molar-refractivity contribution in [3.8, 4) is 6.07 Å². The van der Waals surface area contributed by atoms with Crippen molar-refractivity contribution in [2.75, 3.05) is 0 Å². The monoisotopic (exact) mass is 385 g/mol. The second-order valence-corrected chi connectivity index (χ2v) is 7.24. The van der Waals surface area contributed by atoms with Gasteiger partial charge in [0.25, 0.3) is 17.7 Å². The highest BCUT2D eigenvalue weighted by Gasteiger charge is 2.42. The van der Waals surface area contributed by atoms with Crippen LogP contribution in [0.5, 0.6) is 0 Å². The summed E-state index contributed by atoms with van der Waals surface area (Å²) in [6.07, 6.45) is -1.20. The van der Waals surface area contributed by atoms with E-state index < -0.39 is 41.4 Å². The fourth-order valence-corrected chi connectivity index (χ4v) is 2.65. The lowest BCUT2D eigenvalue weighted by Gasteiger charge is -2.29. The van der Waals surface area contributed by atoms with Crippen LogP contribution in [-0.2, 0) is 14.3 Å². The largest absolute Gasteiger partial charge is 0.451 e. The number of carbonyl (C=O) groups excluding carboxylic acids is 4. The van der Waals surface area contributed by atoms with Gasteiger partial charge in [0.2, 0.25) is 0 Å². The van der Waals surface area contributed by atoms with Crippen LogP contribution in [0.2, 0.25) is 0 Å². The number of ether oxygens (including phenoxy) is 1. The zero-order valence-electron chi connectivity index (χ0n) is 16.5. The molecule has 2 rings (SSSR count). The number of amides is 3. The molecule has 0 bridgehead atoms. The Hall–Kier alpha value is -3.21. The average molecular weight is 385 g/mol. The maximum absolute atomic E-state index is 12.5. The standard InChI is InChI=1S/C20H23N3O5/c1-11(2)20(5,10-21)22-16(24)13(4)28-19(27)12(3)23-17(25)14-8-6-7-9-15(14)18(23)26/h6-9,11-13H,1-5H3,(H,22,24)/t12-,13+,20+/m1/s1. The third kappa shape index (κ3) is 3.74. The van der Waals surface area contributed by atoms with Crippen molar-refractivity contribution < 1.29 is 23.9 Å². The molecule has 1 aliphatic rings. The lowest BCUT2D eigenvalue weighted by Crippen LogP contribution is -2.53. The van der Waals surface area contributed by atoms with Crippen molar-refractivity contribution in [2.45, 2.75) is 52.3 Å². The number of benzene rings is 1. The summed E-state index contributed by atoms with van der Waals surface area (Å²) >= 11 is 0. The number of nitrogens with zero attached hydrogens (tertiary/aromatic N) is 2. The molecule has 0 radical (unpaired) electrons. The first kappa shape index (κ1) is 21.1. The van der Waals surface area contributed by atoms with E-state index in [4.69, 9.17) is 4.74 Å². The molecular formula is C20H23N3O5. The van der Waals surface area contributed by atoms with Gasteiger partial charge >= 0.3 is 5.97 Å². The molecule has 0 unspecified atom stereocenters. The second kappa shape index (κ2) is 7.80. The van der Waals surface area contributed by atoms with Gasteiger partial charge in [-0.15, -0.1) is 0 Å². The number of hydrogen-bond donors (Lipinski definition) is 1. The van der Waals surface area contributed by atoms with Crippen LogP contribution in [0.1, 0.15) is 55.3 Å². The first-order valence-electron chi connectivity index (χ1n) is 8.94. The van der Waals surface area contributed by atoms with Crippen molar-refractivity contribution >= 4 is 23.7 Å². The van der Waals surface area contributed by atoms with E-state index in [1.165, 1.54) is 26.0 Å². The predicted molar refractivity (Wildman–Crippen MR) is 99.0 cm³/mol. The van der Waals surface area contributed by atoms with Gasteiger partial charge in [-0.3, -0.25) is 19.3 Å². The number of fused-ring (bicyclic) bond motifs is 1. The summed E-state index contributed by atoms with van der Waals surface area (Å²) in [7, 11) is 0. The van der Waals surface area contributed by atoms with Gasteiger partial charge in [0, 0.05) is 0 Å². The SMILES string of the molecule is CC(C)[C@](C)(C#N)NC(=O)[C@H](C)OC(=O)[C@@H](C)N1C(=O)c2ccccc2C1=O. The normalized spacial score (nSPS) is 17.4. The van der Waals surface area contributed by atoms with Crippen LogP contribution < -0.4 is 5.32 Å². The first-order valence-corrected chi connectivity index (χ1v) is 8.94. The van der Waals surface area contributed by atoms with E-state index in [2.05, 4.69) is 5.32 Å². The average Bonchev–Trinajstić information content (AvgIpc) is 2.91. The van der Waals surface area contributed by atoms with Gasteiger partial charge in [0.1, 0.15) is 11.6 Å². The fourth-order valence-electron chi connectivity index (χ4n) is 2.65. The van der Waals surface area contributed by atoms with Crippen LogP contribution in [-0.4, -0.2) is 46.3 Å². The van der Waals surface area contributed by atoms with Crippen molar-refractivity contribution in [1.29, 1.82) is 5.26 Å². The minimum Gasteiger partial charge on any atom is -0.451 e. The summed E-state index contributed by atoms with van der Waals surface area (Å²) in [4.78, 5) is 50.5. The van der Waals surface area contributed by atoms with E-state index in [0.29, 0.717) is 0 Å². The van der Waals surface area contributed by atoms with E-state index in [9.17, 15) is 24.4 Å². The molecule has 0 spiro atoms. The Morgan fingerprint density at radius 3 is 2.04 bits per heavy atom. The topological polar surface area (TPSA) is 117 Å². The number of hydrogen-bond acceptors (Lipinski definition) is 6. The Balaban J connectivity index is 2.07. The molecule has 8 heteroatoms. The minimum absolute atomic E-state index is 0.165. The van der Waals surface area contributed by atoms with Gasteiger partial charge in [-0.05, 0) is 38.8 Å². The number of carbonyl (C=O) groups is 4. The number of esters is 1. The predicted octanol–water partition coefficient (Wildman–Crippen LogP) is 1.66. The smallest absolute Gasteiger partial charge is 0.329 e. The molecule has 0 fully saturated rings. The lowest BCUT2D eigenvalue weighted by molar-refractivity contribution is -0.158. The van der Waals surface area contributed by atoms with Crippen molar-refractivity contribution in [1.82, 2.24) is 10.2 Å². The van der Waals surface area contributed by atoms with Gasteiger partial charge in [-0.2, -0.15) is 5.26 Å². The maximum atomic E-state index is 12.5. The molecule has 0 aromatic heterocycles. The number of imide groups is 1. The first-order chi connectivity index (χ1) is 13.0. The molecule has 1 aliphatic heterocycles. The molecule has 1 aromatic rings. The van der Waals surface area contributed by atoms with E-state index in [0.717, 1.165) is 4.90 Å². The Labute approximate surface area is 163 Å². The fraction of sp³-hybridized carbons (Fsp3) is 0.450. The third-order valence-electron chi connectivity index (χ3n) is 4.99. The van der Waals surface area contributed by atoms with Crippen LogP contribution in [0.3, 0.4) is 0 Å². The van der Waals surface area contributed by atoms with Gasteiger partial charge in [0.15, 0.2) is 6.10 Å². The van der Waals surface area contributed by atoms with Crippen LogP contribution in [0.25, 0.3) is 0 Å². The van der Waals surface area contributed by atoms with Crippen molar-refractivity contribution in [2.24, 2.45) is 5.92 Å². The maximum Gasteiger partial charge on any atom is 0.329 e. The summed E-state index contributed by atoms with van der Waals surface area (Å²) in [5.74, 6) is -2.86. The quantitative estimate of drug-likeness (QED) is 0.588. The van der Waals surface area contributed by atoms with E-state index in [-0.39, 0.29) is 17.0 Å². The third-order valence-corrected chi connectivity index (χ3v) is 4.99. The molecule has 1 N–H and O–H groups in total. The zero-order valence-corrected chi connectivity index (χ0v) is 16.5. The second-order valence-electron chi connectivity index (χ2n) is 7.24. The Morgan fingerprint density at radius 2 is 1.61 bits per heavy atom. The van der Waals surface area contributed by atoms with Gasteiger partial charge in [-0.25, -0.2) is 4.79 Å². The Morgan fingerprint density at radius 1 is 1.11 bits per heavy atom.